The molecule has 2 N–H and O–H groups in total. The minimum atomic E-state index is -0.342. The number of rotatable bonds is 3. The number of halogens is 1. The van der Waals surface area contributed by atoms with Crippen LogP contribution in [-0.2, 0) is 6.61 Å². The molecule has 0 amide bonds. The van der Waals surface area contributed by atoms with E-state index < -0.39 is 0 Å². The number of benzene rings is 1. The van der Waals surface area contributed by atoms with Crippen molar-refractivity contribution in [2.45, 2.75) is 26.0 Å². The van der Waals surface area contributed by atoms with Gasteiger partial charge < -0.3 is 15.1 Å². The van der Waals surface area contributed by atoms with Crippen molar-refractivity contribution in [3.8, 4) is 0 Å². The fourth-order valence-electron chi connectivity index (χ4n) is 2.55. The summed E-state index contributed by atoms with van der Waals surface area (Å²) in [5.41, 5.74) is 1.41. The van der Waals surface area contributed by atoms with E-state index in [0.717, 1.165) is 18.7 Å². The van der Waals surface area contributed by atoms with Gasteiger partial charge in [0.15, 0.2) is 0 Å². The molecule has 1 fully saturated rings. The largest absolute Gasteiger partial charge is 0.394 e. The van der Waals surface area contributed by atoms with Crippen LogP contribution in [0, 0.1) is 11.7 Å². The average Bonchev–Trinajstić information content (AvgIpc) is 2.70. The van der Waals surface area contributed by atoms with Crippen molar-refractivity contribution in [3.63, 3.8) is 0 Å². The summed E-state index contributed by atoms with van der Waals surface area (Å²) < 4.78 is 13.1. The number of nitrogens with zero attached hydrogens (tertiary/aromatic N) is 1. The van der Waals surface area contributed by atoms with E-state index in [1.807, 2.05) is 0 Å². The van der Waals surface area contributed by atoms with E-state index in [0.29, 0.717) is 11.5 Å². The number of anilines is 1. The second-order valence-corrected chi connectivity index (χ2v) is 4.64. The van der Waals surface area contributed by atoms with Gasteiger partial charge in [-0.3, -0.25) is 0 Å². The van der Waals surface area contributed by atoms with E-state index in [1.165, 1.54) is 12.1 Å². The molecule has 1 aromatic rings. The fourth-order valence-corrected chi connectivity index (χ4v) is 2.55. The van der Waals surface area contributed by atoms with Crippen LogP contribution in [0.3, 0.4) is 0 Å². The predicted octanol–water partition coefficient (Wildman–Crippen LogP) is 1.53. The summed E-state index contributed by atoms with van der Waals surface area (Å²) in [6, 6.07) is 4.49. The number of hydrogen-bond donors (Lipinski definition) is 2. The summed E-state index contributed by atoms with van der Waals surface area (Å²) >= 11 is 0. The molecule has 2 rings (SSSR count). The topological polar surface area (TPSA) is 43.7 Å². The molecular formula is C13H18FNO2. The Morgan fingerprint density at radius 1 is 1.41 bits per heavy atom. The molecule has 0 aromatic heterocycles. The normalized spacial score (nSPS) is 24.4. The highest BCUT2D eigenvalue weighted by atomic mass is 19.1. The van der Waals surface area contributed by atoms with E-state index >= 15 is 0 Å². The van der Waals surface area contributed by atoms with Crippen molar-refractivity contribution < 1.29 is 14.6 Å². The monoisotopic (exact) mass is 239 g/mol. The summed E-state index contributed by atoms with van der Waals surface area (Å²) in [4.78, 5) is 2.07. The third-order valence-electron chi connectivity index (χ3n) is 3.59. The van der Waals surface area contributed by atoms with E-state index in [2.05, 4.69) is 11.8 Å². The first-order chi connectivity index (χ1) is 8.17. The van der Waals surface area contributed by atoms with Crippen molar-refractivity contribution in [2.24, 2.45) is 5.92 Å². The van der Waals surface area contributed by atoms with Crippen LogP contribution in [0.25, 0.3) is 0 Å². The zero-order chi connectivity index (χ0) is 12.4. The number of hydrogen-bond acceptors (Lipinski definition) is 3. The van der Waals surface area contributed by atoms with Gasteiger partial charge in [-0.1, -0.05) is 6.92 Å². The highest BCUT2D eigenvalue weighted by Crippen LogP contribution is 2.32. The lowest BCUT2D eigenvalue weighted by Crippen LogP contribution is -2.35. The van der Waals surface area contributed by atoms with Gasteiger partial charge in [0.05, 0.1) is 19.3 Å². The molecule has 0 radical (unpaired) electrons. The Morgan fingerprint density at radius 3 is 2.82 bits per heavy atom. The number of aliphatic hydroxyl groups excluding tert-OH is 2. The van der Waals surface area contributed by atoms with Gasteiger partial charge in [-0.2, -0.15) is 0 Å². The molecule has 3 nitrogen and oxygen atoms in total. The minimum absolute atomic E-state index is 0.0609. The van der Waals surface area contributed by atoms with Crippen molar-refractivity contribution in [2.75, 3.05) is 18.1 Å². The lowest BCUT2D eigenvalue weighted by atomic mass is 10.0. The van der Waals surface area contributed by atoms with Crippen molar-refractivity contribution in [1.82, 2.24) is 0 Å². The molecule has 94 valence electrons. The quantitative estimate of drug-likeness (QED) is 0.840. The molecule has 1 aliphatic rings. The molecule has 1 aliphatic heterocycles. The maximum absolute atomic E-state index is 13.1. The molecule has 1 heterocycles. The fraction of sp³-hybridized carbons (Fsp3) is 0.538. The first kappa shape index (κ1) is 12.3. The van der Waals surface area contributed by atoms with Crippen LogP contribution in [-0.4, -0.2) is 29.4 Å². The Morgan fingerprint density at radius 2 is 2.18 bits per heavy atom. The van der Waals surface area contributed by atoms with E-state index in [-0.39, 0.29) is 25.1 Å². The van der Waals surface area contributed by atoms with E-state index in [9.17, 15) is 14.6 Å². The van der Waals surface area contributed by atoms with Gasteiger partial charge in [0.2, 0.25) is 0 Å². The summed E-state index contributed by atoms with van der Waals surface area (Å²) in [5.74, 6) is 0.0715. The Kier molecular flexibility index (Phi) is 3.64. The second-order valence-electron chi connectivity index (χ2n) is 4.64. The van der Waals surface area contributed by atoms with Crippen LogP contribution in [0.4, 0.5) is 10.1 Å². The van der Waals surface area contributed by atoms with Crippen LogP contribution in [0.5, 0.6) is 0 Å². The summed E-state index contributed by atoms with van der Waals surface area (Å²) in [7, 11) is 0. The van der Waals surface area contributed by atoms with Gasteiger partial charge in [0, 0.05) is 17.8 Å². The van der Waals surface area contributed by atoms with Crippen LogP contribution in [0.1, 0.15) is 18.9 Å². The van der Waals surface area contributed by atoms with Gasteiger partial charge in [-0.25, -0.2) is 4.39 Å². The molecule has 2 atom stereocenters. The average molecular weight is 239 g/mol. The van der Waals surface area contributed by atoms with Crippen molar-refractivity contribution >= 4 is 5.69 Å². The molecule has 0 spiro atoms. The third kappa shape index (κ3) is 2.28. The SMILES string of the molecule is CC1CCN(c2ccc(F)cc2CO)C1CO. The van der Waals surface area contributed by atoms with Crippen LogP contribution >= 0.6 is 0 Å². The Balaban J connectivity index is 2.33. The van der Waals surface area contributed by atoms with Crippen LogP contribution in [0.15, 0.2) is 18.2 Å². The maximum atomic E-state index is 13.1. The van der Waals surface area contributed by atoms with Gasteiger partial charge in [0.1, 0.15) is 5.82 Å². The highest BCUT2D eigenvalue weighted by Gasteiger charge is 2.31. The zero-order valence-electron chi connectivity index (χ0n) is 9.93. The first-order valence-corrected chi connectivity index (χ1v) is 5.94. The standard InChI is InChI=1S/C13H18FNO2/c1-9-4-5-15(13(9)8-17)12-3-2-11(14)6-10(12)7-16/h2-3,6,9,13,16-17H,4-5,7-8H2,1H3. The third-order valence-corrected chi connectivity index (χ3v) is 3.59. The predicted molar refractivity (Wildman–Crippen MR) is 64.3 cm³/mol. The molecule has 1 aromatic carbocycles. The molecule has 1 saturated heterocycles. The molecule has 0 aliphatic carbocycles. The van der Waals surface area contributed by atoms with Gasteiger partial charge in [0.25, 0.3) is 0 Å². The molecule has 0 bridgehead atoms. The second kappa shape index (κ2) is 5.02. The Labute approximate surface area is 100 Å². The van der Waals surface area contributed by atoms with Crippen LogP contribution in [0.2, 0.25) is 0 Å². The highest BCUT2D eigenvalue weighted by molar-refractivity contribution is 5.55. The van der Waals surface area contributed by atoms with Gasteiger partial charge in [-0.05, 0) is 30.5 Å². The molecule has 0 saturated carbocycles. The Bertz CT molecular complexity index is 397. The molecular weight excluding hydrogens is 221 g/mol. The molecule has 17 heavy (non-hydrogen) atoms. The minimum Gasteiger partial charge on any atom is -0.394 e. The van der Waals surface area contributed by atoms with Crippen molar-refractivity contribution in [1.29, 1.82) is 0 Å². The zero-order valence-corrected chi connectivity index (χ0v) is 9.93. The lowest BCUT2D eigenvalue weighted by Gasteiger charge is -2.29. The van der Waals surface area contributed by atoms with Gasteiger partial charge >= 0.3 is 0 Å². The van der Waals surface area contributed by atoms with Crippen LogP contribution < -0.4 is 4.90 Å². The first-order valence-electron chi connectivity index (χ1n) is 5.94. The summed E-state index contributed by atoms with van der Waals surface area (Å²) in [6.07, 6.45) is 1.01. The van der Waals surface area contributed by atoms with Gasteiger partial charge in [-0.15, -0.1) is 0 Å². The number of aliphatic hydroxyl groups is 2. The smallest absolute Gasteiger partial charge is 0.123 e. The van der Waals surface area contributed by atoms with E-state index in [1.54, 1.807) is 6.07 Å². The summed E-state index contributed by atoms with van der Waals surface area (Å²) in [6.45, 7) is 2.84. The summed E-state index contributed by atoms with van der Waals surface area (Å²) in [5, 5.41) is 18.7. The molecule has 4 heteroatoms. The lowest BCUT2D eigenvalue weighted by molar-refractivity contribution is 0.243. The van der Waals surface area contributed by atoms with E-state index in [4.69, 9.17) is 0 Å². The molecule has 2 unspecified atom stereocenters. The Hall–Kier alpha value is -1.13. The van der Waals surface area contributed by atoms with Crippen molar-refractivity contribution in [3.05, 3.63) is 29.6 Å². The maximum Gasteiger partial charge on any atom is 0.123 e.